The van der Waals surface area contributed by atoms with Crippen LogP contribution >= 0.6 is 0 Å². The topological polar surface area (TPSA) is 75.6 Å². The lowest BCUT2D eigenvalue weighted by molar-refractivity contribution is 0.669. The van der Waals surface area contributed by atoms with E-state index in [0.29, 0.717) is 23.0 Å². The molecule has 0 amide bonds. The first-order chi connectivity index (χ1) is 24.2. The number of hydrogen-bond donors (Lipinski definition) is 0. The van der Waals surface area contributed by atoms with Gasteiger partial charge in [0.25, 0.3) is 0 Å². The highest BCUT2D eigenvalue weighted by Crippen LogP contribution is 2.38. The summed E-state index contributed by atoms with van der Waals surface area (Å²) in [4.78, 5) is 15.1. The van der Waals surface area contributed by atoms with E-state index in [1.807, 2.05) is 72.8 Å². The molecule has 9 aromatic rings. The van der Waals surface area contributed by atoms with Crippen molar-refractivity contribution in [3.8, 4) is 62.5 Å². The predicted octanol–water partition coefficient (Wildman–Crippen LogP) is 11.1. The lowest BCUT2D eigenvalue weighted by atomic mass is 9.99. The van der Waals surface area contributed by atoms with Crippen LogP contribution in [0.5, 0.6) is 0 Å². The Kier molecular flexibility index (Phi) is 6.78. The molecule has 0 radical (unpaired) electrons. The van der Waals surface area contributed by atoms with Crippen molar-refractivity contribution in [1.29, 1.82) is 5.26 Å². The van der Waals surface area contributed by atoms with Gasteiger partial charge in [0.1, 0.15) is 11.2 Å². The van der Waals surface area contributed by atoms with E-state index in [1.54, 1.807) is 0 Å². The predicted molar refractivity (Wildman–Crippen MR) is 197 cm³/mol. The summed E-state index contributed by atoms with van der Waals surface area (Å²) in [6.07, 6.45) is 0. The molecule has 0 fully saturated rings. The molecule has 5 heteroatoms. The van der Waals surface area contributed by atoms with E-state index >= 15 is 0 Å². The van der Waals surface area contributed by atoms with Gasteiger partial charge in [-0.15, -0.1) is 0 Å². The van der Waals surface area contributed by atoms with Crippen LogP contribution in [0.15, 0.2) is 162 Å². The molecule has 0 bridgehead atoms. The number of furan rings is 1. The van der Waals surface area contributed by atoms with Gasteiger partial charge in [-0.25, -0.2) is 15.0 Å². The third-order valence-electron chi connectivity index (χ3n) is 8.95. The summed E-state index contributed by atoms with van der Waals surface area (Å²) >= 11 is 0. The van der Waals surface area contributed by atoms with Crippen LogP contribution in [-0.4, -0.2) is 15.0 Å². The van der Waals surface area contributed by atoms with Crippen LogP contribution in [0, 0.1) is 11.3 Å². The molecule has 0 saturated heterocycles. The number of nitrogens with zero attached hydrogens (tertiary/aromatic N) is 4. The number of hydrogen-bond acceptors (Lipinski definition) is 5. The maximum absolute atomic E-state index is 9.27. The SMILES string of the molecule is N#Cc1ccc(-c2cccc(-c3nc(-c4ccc5ccccc5c4)nc(-c4ccc5c(c4)oc4cccc(-c6ccccc6)c45)n3)c2)cc1. The molecule has 9 rings (SSSR count). The van der Waals surface area contributed by atoms with Gasteiger partial charge in [0, 0.05) is 27.5 Å². The minimum atomic E-state index is 0.558. The highest BCUT2D eigenvalue weighted by Gasteiger charge is 2.17. The van der Waals surface area contributed by atoms with Crippen molar-refractivity contribution in [2.75, 3.05) is 0 Å². The van der Waals surface area contributed by atoms with Crippen molar-refractivity contribution < 1.29 is 4.42 Å². The fraction of sp³-hybridized carbons (Fsp3) is 0. The monoisotopic (exact) mass is 626 g/mol. The number of fused-ring (bicyclic) bond motifs is 4. The van der Waals surface area contributed by atoms with E-state index in [-0.39, 0.29) is 0 Å². The van der Waals surface area contributed by atoms with E-state index in [2.05, 4.69) is 91.0 Å². The second kappa shape index (κ2) is 11.7. The van der Waals surface area contributed by atoms with Gasteiger partial charge in [-0.05, 0) is 75.5 Å². The molecule has 2 aromatic heterocycles. The molecular formula is C44H26N4O. The van der Waals surface area contributed by atoms with Gasteiger partial charge in [0.15, 0.2) is 17.5 Å². The van der Waals surface area contributed by atoms with Crippen LogP contribution in [0.3, 0.4) is 0 Å². The second-order valence-corrected chi connectivity index (χ2v) is 12.0. The number of rotatable bonds is 5. The van der Waals surface area contributed by atoms with Crippen LogP contribution in [0.2, 0.25) is 0 Å². The summed E-state index contributed by atoms with van der Waals surface area (Å²) in [6, 6.07) is 55.3. The summed E-state index contributed by atoms with van der Waals surface area (Å²) in [7, 11) is 0. The molecule has 5 nitrogen and oxygen atoms in total. The van der Waals surface area contributed by atoms with Gasteiger partial charge < -0.3 is 4.42 Å². The molecule has 0 aliphatic rings. The van der Waals surface area contributed by atoms with Crippen molar-refractivity contribution in [1.82, 2.24) is 15.0 Å². The van der Waals surface area contributed by atoms with Crippen molar-refractivity contribution in [2.45, 2.75) is 0 Å². The van der Waals surface area contributed by atoms with Crippen LogP contribution in [0.4, 0.5) is 0 Å². The lowest BCUT2D eigenvalue weighted by Crippen LogP contribution is -2.00. The number of aromatic nitrogens is 3. The lowest BCUT2D eigenvalue weighted by Gasteiger charge is -2.10. The molecule has 0 atom stereocenters. The maximum Gasteiger partial charge on any atom is 0.164 e. The van der Waals surface area contributed by atoms with Crippen molar-refractivity contribution in [3.63, 3.8) is 0 Å². The molecule has 0 aliphatic carbocycles. The average Bonchev–Trinajstić information content (AvgIpc) is 3.56. The first-order valence-corrected chi connectivity index (χ1v) is 16.1. The molecule has 228 valence electrons. The van der Waals surface area contributed by atoms with E-state index in [1.165, 1.54) is 0 Å². The van der Waals surface area contributed by atoms with E-state index in [4.69, 9.17) is 19.4 Å². The highest BCUT2D eigenvalue weighted by molar-refractivity contribution is 6.13. The normalized spacial score (nSPS) is 11.2. The largest absolute Gasteiger partial charge is 0.456 e. The molecule has 7 aromatic carbocycles. The zero-order chi connectivity index (χ0) is 32.7. The number of nitriles is 1. The molecule has 49 heavy (non-hydrogen) atoms. The van der Waals surface area contributed by atoms with Gasteiger partial charge in [0.05, 0.1) is 11.6 Å². The fourth-order valence-corrected chi connectivity index (χ4v) is 6.49. The third kappa shape index (κ3) is 5.18. The van der Waals surface area contributed by atoms with Gasteiger partial charge in [-0.1, -0.05) is 115 Å². The van der Waals surface area contributed by atoms with Gasteiger partial charge in [0.2, 0.25) is 0 Å². The molecule has 0 N–H and O–H groups in total. The van der Waals surface area contributed by atoms with E-state index < -0.39 is 0 Å². The Hall–Kier alpha value is -6.90. The standard InChI is InChI=1S/C44H26N4O/c45-27-28-16-18-30(19-17-28)33-12-6-13-34(24-33)42-46-43(35-21-20-29-8-4-5-11-32(29)25-35)48-44(47-42)36-22-23-38-40(26-36)49-39-15-7-14-37(41(38)39)31-9-2-1-3-10-31/h1-26H. The highest BCUT2D eigenvalue weighted by atomic mass is 16.3. The van der Waals surface area contributed by atoms with Crippen molar-refractivity contribution in [3.05, 3.63) is 163 Å². The van der Waals surface area contributed by atoms with Gasteiger partial charge in [-0.2, -0.15) is 5.26 Å². The molecule has 0 aliphatic heterocycles. The van der Waals surface area contributed by atoms with Crippen molar-refractivity contribution in [2.24, 2.45) is 0 Å². The first-order valence-electron chi connectivity index (χ1n) is 16.1. The fourth-order valence-electron chi connectivity index (χ4n) is 6.49. The minimum absolute atomic E-state index is 0.558. The molecular weight excluding hydrogens is 601 g/mol. The van der Waals surface area contributed by atoms with Gasteiger partial charge in [-0.3, -0.25) is 0 Å². The van der Waals surface area contributed by atoms with Gasteiger partial charge >= 0.3 is 0 Å². The zero-order valence-corrected chi connectivity index (χ0v) is 26.2. The summed E-state index contributed by atoms with van der Waals surface area (Å²) in [5.74, 6) is 1.72. The Bertz CT molecular complexity index is 2720. The summed E-state index contributed by atoms with van der Waals surface area (Å²) < 4.78 is 6.44. The van der Waals surface area contributed by atoms with Crippen LogP contribution in [0.1, 0.15) is 5.56 Å². The number of benzene rings is 7. The first kappa shape index (κ1) is 28.3. The summed E-state index contributed by atoms with van der Waals surface area (Å²) in [5, 5.41) is 13.7. The summed E-state index contributed by atoms with van der Waals surface area (Å²) in [5.41, 5.74) is 9.13. The smallest absolute Gasteiger partial charge is 0.164 e. The quantitative estimate of drug-likeness (QED) is 0.190. The third-order valence-corrected chi connectivity index (χ3v) is 8.95. The Morgan fingerprint density at radius 2 is 1.04 bits per heavy atom. The van der Waals surface area contributed by atoms with Crippen molar-refractivity contribution >= 4 is 32.7 Å². The molecule has 0 spiro atoms. The molecule has 0 saturated carbocycles. The molecule has 2 heterocycles. The van der Waals surface area contributed by atoms with E-state index in [0.717, 1.165) is 71.7 Å². The van der Waals surface area contributed by atoms with E-state index in [9.17, 15) is 5.26 Å². The van der Waals surface area contributed by atoms with Crippen LogP contribution in [-0.2, 0) is 0 Å². The Morgan fingerprint density at radius 3 is 1.82 bits per heavy atom. The van der Waals surface area contributed by atoms with Crippen LogP contribution in [0.25, 0.3) is 89.1 Å². The average molecular weight is 627 g/mol. The van der Waals surface area contributed by atoms with Crippen LogP contribution < -0.4 is 0 Å². The summed E-state index contributed by atoms with van der Waals surface area (Å²) in [6.45, 7) is 0. The molecule has 0 unspecified atom stereocenters. The zero-order valence-electron chi connectivity index (χ0n) is 26.2. The second-order valence-electron chi connectivity index (χ2n) is 12.0. The minimum Gasteiger partial charge on any atom is -0.456 e. The Labute approximate surface area is 282 Å². The Morgan fingerprint density at radius 1 is 0.429 bits per heavy atom. The Balaban J connectivity index is 1.21. The maximum atomic E-state index is 9.27.